The number of fused-ring (bicyclic) bond motifs is 6. The summed E-state index contributed by atoms with van der Waals surface area (Å²) in [4.78, 5) is 15.6. The Morgan fingerprint density at radius 1 is 0.375 bits per heavy atom. The maximum Gasteiger partial charge on any atom is 0.164 e. The zero-order valence-electron chi connectivity index (χ0n) is 37.1. The summed E-state index contributed by atoms with van der Waals surface area (Å²) in [5.74, 6) is 1.87. The van der Waals surface area contributed by atoms with Crippen molar-refractivity contribution < 1.29 is 4.42 Å². The molecule has 0 saturated heterocycles. The fraction of sp³-hybridized carbons (Fsp3) is 0.150. The number of para-hydroxylation sites is 1. The highest BCUT2D eigenvalue weighted by atomic mass is 16.3. The van der Waals surface area contributed by atoms with Crippen molar-refractivity contribution in [1.82, 2.24) is 15.0 Å². The molecule has 1 aliphatic carbocycles. The minimum Gasteiger partial charge on any atom is -0.455 e. The van der Waals surface area contributed by atoms with Gasteiger partial charge in [-0.05, 0) is 61.4 Å². The molecule has 2 heterocycles. The van der Waals surface area contributed by atoms with E-state index < -0.39 is 5.41 Å². The van der Waals surface area contributed by atoms with E-state index in [0.717, 1.165) is 49.8 Å². The summed E-state index contributed by atoms with van der Waals surface area (Å²) in [6.07, 6.45) is 0. The van der Waals surface area contributed by atoms with Gasteiger partial charge in [0, 0.05) is 38.6 Å². The van der Waals surface area contributed by atoms with Gasteiger partial charge < -0.3 is 4.42 Å². The van der Waals surface area contributed by atoms with Crippen LogP contribution in [-0.2, 0) is 16.2 Å². The second kappa shape index (κ2) is 14.8. The first kappa shape index (κ1) is 39.4. The van der Waals surface area contributed by atoms with Gasteiger partial charge in [-0.1, -0.05) is 224 Å². The lowest BCUT2D eigenvalue weighted by molar-refractivity contribution is 0.557. The van der Waals surface area contributed by atoms with Gasteiger partial charge in [0.1, 0.15) is 11.2 Å². The van der Waals surface area contributed by atoms with Crippen LogP contribution in [0.25, 0.3) is 78.4 Å². The summed E-state index contributed by atoms with van der Waals surface area (Å²) >= 11 is 0. The van der Waals surface area contributed by atoms with E-state index in [1.165, 1.54) is 44.5 Å². The van der Waals surface area contributed by atoms with Crippen LogP contribution in [0.4, 0.5) is 0 Å². The van der Waals surface area contributed by atoms with Crippen LogP contribution in [0.1, 0.15) is 74.9 Å². The minimum absolute atomic E-state index is 0.0726. The predicted molar refractivity (Wildman–Crippen MR) is 264 cm³/mol. The molecule has 0 N–H and O–H groups in total. The molecule has 64 heavy (non-hydrogen) atoms. The van der Waals surface area contributed by atoms with Gasteiger partial charge in [-0.2, -0.15) is 0 Å². The lowest BCUT2D eigenvalue weighted by Gasteiger charge is -2.34. The summed E-state index contributed by atoms with van der Waals surface area (Å²) in [6.45, 7) is 13.5. The van der Waals surface area contributed by atoms with Crippen LogP contribution in [0.2, 0.25) is 0 Å². The summed E-state index contributed by atoms with van der Waals surface area (Å²) < 4.78 is 6.92. The Morgan fingerprint density at radius 2 is 0.859 bits per heavy atom. The van der Waals surface area contributed by atoms with Crippen molar-refractivity contribution in [2.45, 2.75) is 57.8 Å². The molecular formula is C60H49N3O. The van der Waals surface area contributed by atoms with E-state index >= 15 is 0 Å². The molecule has 10 aromatic rings. The lowest BCUT2D eigenvalue weighted by atomic mass is 9.67. The molecule has 2 aromatic heterocycles. The number of hydrogen-bond acceptors (Lipinski definition) is 4. The van der Waals surface area contributed by atoms with Crippen LogP contribution in [0.5, 0.6) is 0 Å². The lowest BCUT2D eigenvalue weighted by Crippen LogP contribution is -2.28. The average Bonchev–Trinajstić information content (AvgIpc) is 3.86. The van der Waals surface area contributed by atoms with Crippen LogP contribution < -0.4 is 0 Å². The molecule has 11 rings (SSSR count). The third-order valence-electron chi connectivity index (χ3n) is 13.1. The van der Waals surface area contributed by atoms with Crippen molar-refractivity contribution in [3.8, 4) is 56.4 Å². The van der Waals surface area contributed by atoms with Crippen molar-refractivity contribution in [3.63, 3.8) is 0 Å². The molecule has 0 bridgehead atoms. The fourth-order valence-corrected chi connectivity index (χ4v) is 10.1. The topological polar surface area (TPSA) is 51.8 Å². The monoisotopic (exact) mass is 827 g/mol. The normalized spacial score (nSPS) is 13.3. The molecule has 4 heteroatoms. The van der Waals surface area contributed by atoms with E-state index in [2.05, 4.69) is 211 Å². The maximum atomic E-state index is 6.92. The highest BCUT2D eigenvalue weighted by Gasteiger charge is 2.46. The van der Waals surface area contributed by atoms with Gasteiger partial charge in [0.15, 0.2) is 17.5 Å². The van der Waals surface area contributed by atoms with E-state index in [1.807, 2.05) is 18.2 Å². The van der Waals surface area contributed by atoms with Crippen molar-refractivity contribution in [2.24, 2.45) is 0 Å². The van der Waals surface area contributed by atoms with Gasteiger partial charge in [-0.3, -0.25) is 0 Å². The van der Waals surface area contributed by atoms with Crippen LogP contribution >= 0.6 is 0 Å². The first-order valence-electron chi connectivity index (χ1n) is 22.3. The van der Waals surface area contributed by atoms with Gasteiger partial charge in [0.25, 0.3) is 0 Å². The smallest absolute Gasteiger partial charge is 0.164 e. The van der Waals surface area contributed by atoms with Crippen molar-refractivity contribution in [3.05, 3.63) is 221 Å². The Kier molecular flexibility index (Phi) is 9.15. The number of rotatable bonds is 6. The van der Waals surface area contributed by atoms with Gasteiger partial charge >= 0.3 is 0 Å². The largest absolute Gasteiger partial charge is 0.455 e. The Balaban J connectivity index is 1.07. The molecule has 8 aromatic carbocycles. The average molecular weight is 828 g/mol. The minimum atomic E-state index is -0.538. The predicted octanol–water partition coefficient (Wildman–Crippen LogP) is 15.4. The number of nitrogens with zero attached hydrogens (tertiary/aromatic N) is 3. The first-order chi connectivity index (χ1) is 31.0. The molecule has 0 aliphatic heterocycles. The van der Waals surface area contributed by atoms with Crippen LogP contribution in [0.15, 0.2) is 192 Å². The van der Waals surface area contributed by atoms with E-state index in [-0.39, 0.29) is 10.8 Å². The third kappa shape index (κ3) is 6.31. The molecule has 4 nitrogen and oxygen atoms in total. The molecule has 0 atom stereocenters. The summed E-state index contributed by atoms with van der Waals surface area (Å²) in [5.41, 5.74) is 16.0. The Hall–Kier alpha value is -7.43. The number of benzene rings is 8. The summed E-state index contributed by atoms with van der Waals surface area (Å²) in [5, 5.41) is 2.29. The highest BCUT2D eigenvalue weighted by Crippen LogP contribution is 2.56. The molecule has 1 aliphatic rings. The molecular weight excluding hydrogens is 779 g/mol. The fourth-order valence-electron chi connectivity index (χ4n) is 10.1. The maximum absolute atomic E-state index is 6.92. The molecule has 0 spiro atoms. The summed E-state index contributed by atoms with van der Waals surface area (Å²) in [7, 11) is 0. The zero-order valence-corrected chi connectivity index (χ0v) is 37.1. The molecule has 0 radical (unpaired) electrons. The van der Waals surface area contributed by atoms with Gasteiger partial charge in [-0.15, -0.1) is 0 Å². The second-order valence-corrected chi connectivity index (χ2v) is 19.2. The summed E-state index contributed by atoms with van der Waals surface area (Å²) in [6, 6.07) is 67.3. The molecule has 0 unspecified atom stereocenters. The van der Waals surface area contributed by atoms with Gasteiger partial charge in [0.2, 0.25) is 0 Å². The molecule has 310 valence electrons. The Bertz CT molecular complexity index is 3330. The molecule has 0 saturated carbocycles. The molecule has 0 fully saturated rings. The van der Waals surface area contributed by atoms with Crippen LogP contribution in [0.3, 0.4) is 0 Å². The van der Waals surface area contributed by atoms with Crippen molar-refractivity contribution in [2.75, 3.05) is 0 Å². The number of furan rings is 1. The van der Waals surface area contributed by atoms with E-state index in [4.69, 9.17) is 19.4 Å². The zero-order chi connectivity index (χ0) is 43.8. The standard InChI is InChI=1S/C60H49N3O/c1-58(2,3)49-28-18-26-47-52-44(35-36-50(59(4,5)6)54(52)64-53(47)49)38-29-31-40(32-30-38)56-61-55(39-19-10-7-11-20-39)62-57(63-56)41-33-34-46-45-25-16-17-27-48(45)60(51(46)37-41,42-21-12-8-13-22-42)43-23-14-9-15-24-43/h7-37H,1-6H3. The molecule has 0 amide bonds. The van der Waals surface area contributed by atoms with Gasteiger partial charge in [0.05, 0.1) is 5.41 Å². The number of aromatic nitrogens is 3. The van der Waals surface area contributed by atoms with E-state index in [1.54, 1.807) is 0 Å². The van der Waals surface area contributed by atoms with E-state index in [0.29, 0.717) is 17.5 Å². The van der Waals surface area contributed by atoms with Crippen molar-refractivity contribution >= 4 is 21.9 Å². The highest BCUT2D eigenvalue weighted by molar-refractivity contribution is 6.14. The number of hydrogen-bond donors (Lipinski definition) is 0. The quantitative estimate of drug-likeness (QED) is 0.168. The Labute approximate surface area is 375 Å². The van der Waals surface area contributed by atoms with Gasteiger partial charge in [-0.25, -0.2) is 15.0 Å². The second-order valence-electron chi connectivity index (χ2n) is 19.2. The van der Waals surface area contributed by atoms with E-state index in [9.17, 15) is 0 Å². The third-order valence-corrected chi connectivity index (χ3v) is 13.1. The van der Waals surface area contributed by atoms with Crippen LogP contribution in [0, 0.1) is 0 Å². The Morgan fingerprint density at radius 3 is 1.48 bits per heavy atom. The SMILES string of the molecule is CC(C)(C)c1cccc2c1oc1c(C(C)(C)C)ccc(-c3ccc(-c4nc(-c5ccccc5)nc(-c5ccc6c(c5)C(c5ccccc5)(c5ccccc5)c5ccccc5-6)n4)cc3)c12. The van der Waals surface area contributed by atoms with Crippen molar-refractivity contribution in [1.29, 1.82) is 0 Å². The first-order valence-corrected chi connectivity index (χ1v) is 22.3. The van der Waals surface area contributed by atoms with Crippen LogP contribution in [-0.4, -0.2) is 15.0 Å².